The van der Waals surface area contributed by atoms with Gasteiger partial charge in [0.05, 0.1) is 18.2 Å². The molecule has 1 N–H and O–H groups in total. The minimum Gasteiger partial charge on any atom is -0.486 e. The number of thiazole rings is 1. The number of carbonyl (C=O) groups is 1. The lowest BCUT2D eigenvalue weighted by Gasteiger charge is -2.23. The molecule has 2 aromatic heterocycles. The van der Waals surface area contributed by atoms with Crippen LogP contribution in [0.3, 0.4) is 0 Å². The molecule has 0 radical (unpaired) electrons. The number of likely N-dealkylation sites (N-methyl/N-ethyl adjacent to an activating group) is 1. The van der Waals surface area contributed by atoms with Gasteiger partial charge in [0.2, 0.25) is 5.91 Å². The number of hydrogen-bond donors (Lipinski definition) is 1. The van der Waals surface area contributed by atoms with Crippen molar-refractivity contribution in [2.45, 2.75) is 26.0 Å². The number of aryl methyl sites for hydroxylation is 1. The number of nitrogens with zero attached hydrogens (tertiary/aromatic N) is 2. The van der Waals surface area contributed by atoms with E-state index in [4.69, 9.17) is 4.74 Å². The zero-order valence-electron chi connectivity index (χ0n) is 16.3. The van der Waals surface area contributed by atoms with E-state index in [1.165, 1.54) is 21.8 Å². The highest BCUT2D eigenvalue weighted by Gasteiger charge is 2.16. The van der Waals surface area contributed by atoms with E-state index in [0.717, 1.165) is 16.5 Å². The highest BCUT2D eigenvalue weighted by atomic mass is 32.1. The van der Waals surface area contributed by atoms with Crippen LogP contribution in [0.1, 0.15) is 27.2 Å². The number of benzene rings is 1. The van der Waals surface area contributed by atoms with Crippen LogP contribution < -0.4 is 10.1 Å². The van der Waals surface area contributed by atoms with Gasteiger partial charge in [-0.25, -0.2) is 4.98 Å². The zero-order chi connectivity index (χ0) is 19.9. The van der Waals surface area contributed by atoms with E-state index in [-0.39, 0.29) is 18.4 Å². The quantitative estimate of drug-likeness (QED) is 0.573. The molecule has 0 aliphatic carbocycles. The number of aromatic nitrogens is 1. The third kappa shape index (κ3) is 5.89. The highest BCUT2D eigenvalue weighted by Crippen LogP contribution is 2.22. The molecule has 1 amide bonds. The Hall–Kier alpha value is -2.22. The summed E-state index contributed by atoms with van der Waals surface area (Å²) in [5.41, 5.74) is 1.98. The highest BCUT2D eigenvalue weighted by molar-refractivity contribution is 7.10. The summed E-state index contributed by atoms with van der Waals surface area (Å²) in [4.78, 5) is 20.2. The Morgan fingerprint density at radius 1 is 1.21 bits per heavy atom. The summed E-state index contributed by atoms with van der Waals surface area (Å²) in [5, 5.41) is 7.89. The number of thiophene rings is 1. The van der Waals surface area contributed by atoms with Crippen molar-refractivity contribution in [2.75, 3.05) is 20.6 Å². The van der Waals surface area contributed by atoms with Gasteiger partial charge in [0, 0.05) is 16.8 Å². The second-order valence-electron chi connectivity index (χ2n) is 6.81. The van der Waals surface area contributed by atoms with Gasteiger partial charge in [0.25, 0.3) is 0 Å². The summed E-state index contributed by atoms with van der Waals surface area (Å²) in [6, 6.07) is 12.3. The summed E-state index contributed by atoms with van der Waals surface area (Å²) in [5.74, 6) is 0.808. The number of carbonyl (C=O) groups excluding carboxylic acids is 1. The molecule has 0 saturated carbocycles. The van der Waals surface area contributed by atoms with Crippen molar-refractivity contribution < 1.29 is 9.53 Å². The maximum Gasteiger partial charge on any atom is 0.226 e. The first-order valence-corrected chi connectivity index (χ1v) is 10.9. The van der Waals surface area contributed by atoms with Crippen LogP contribution in [-0.4, -0.2) is 36.4 Å². The molecule has 1 atom stereocenters. The molecule has 28 heavy (non-hydrogen) atoms. The summed E-state index contributed by atoms with van der Waals surface area (Å²) in [6.45, 7) is 3.04. The Bertz CT molecular complexity index is 873. The van der Waals surface area contributed by atoms with Crippen LogP contribution in [0.2, 0.25) is 0 Å². The van der Waals surface area contributed by atoms with Crippen molar-refractivity contribution in [1.29, 1.82) is 0 Å². The average Bonchev–Trinajstić information content (AvgIpc) is 3.33. The minimum absolute atomic E-state index is 0.0142. The summed E-state index contributed by atoms with van der Waals surface area (Å²) in [7, 11) is 4.05. The lowest BCUT2D eigenvalue weighted by Crippen LogP contribution is -2.35. The Labute approximate surface area is 174 Å². The van der Waals surface area contributed by atoms with Gasteiger partial charge in [0.1, 0.15) is 17.4 Å². The molecule has 1 aromatic carbocycles. The largest absolute Gasteiger partial charge is 0.486 e. The summed E-state index contributed by atoms with van der Waals surface area (Å²) >= 11 is 3.22. The van der Waals surface area contributed by atoms with Crippen molar-refractivity contribution >= 4 is 28.6 Å². The van der Waals surface area contributed by atoms with Crippen molar-refractivity contribution in [3.63, 3.8) is 0 Å². The van der Waals surface area contributed by atoms with Crippen LogP contribution in [0.4, 0.5) is 0 Å². The van der Waals surface area contributed by atoms with E-state index < -0.39 is 0 Å². The number of ether oxygens (including phenoxy) is 1. The monoisotopic (exact) mass is 415 g/mol. The third-order valence-electron chi connectivity index (χ3n) is 4.31. The van der Waals surface area contributed by atoms with E-state index in [9.17, 15) is 4.79 Å². The Kier molecular flexibility index (Phi) is 7.19. The Morgan fingerprint density at radius 2 is 2.00 bits per heavy atom. The van der Waals surface area contributed by atoms with Gasteiger partial charge in [-0.3, -0.25) is 4.79 Å². The SMILES string of the molecule is Cc1ccc(OCc2nc(CC(=O)NCC(c3cccs3)N(C)C)cs2)cc1. The van der Waals surface area contributed by atoms with E-state index in [0.29, 0.717) is 13.2 Å². The van der Waals surface area contributed by atoms with Gasteiger partial charge < -0.3 is 15.0 Å². The van der Waals surface area contributed by atoms with Crippen molar-refractivity contribution in [3.8, 4) is 5.75 Å². The van der Waals surface area contributed by atoms with Crippen molar-refractivity contribution in [1.82, 2.24) is 15.2 Å². The van der Waals surface area contributed by atoms with E-state index in [2.05, 4.69) is 26.6 Å². The molecule has 0 aliphatic rings. The van der Waals surface area contributed by atoms with Gasteiger partial charge in [-0.1, -0.05) is 23.8 Å². The number of amides is 1. The lowest BCUT2D eigenvalue weighted by molar-refractivity contribution is -0.120. The fraction of sp³-hybridized carbons (Fsp3) is 0.333. The van der Waals surface area contributed by atoms with Crippen LogP contribution in [0.15, 0.2) is 47.2 Å². The number of nitrogens with one attached hydrogen (secondary N) is 1. The van der Waals surface area contributed by atoms with Gasteiger partial charge in [-0.05, 0) is 44.6 Å². The van der Waals surface area contributed by atoms with Crippen molar-refractivity contribution in [3.05, 3.63) is 68.3 Å². The number of hydrogen-bond acceptors (Lipinski definition) is 6. The molecule has 0 aliphatic heterocycles. The molecule has 1 unspecified atom stereocenters. The van der Waals surface area contributed by atoms with Gasteiger partial charge in [-0.15, -0.1) is 22.7 Å². The van der Waals surface area contributed by atoms with Crippen LogP contribution in [0.5, 0.6) is 5.75 Å². The van der Waals surface area contributed by atoms with Crippen LogP contribution >= 0.6 is 22.7 Å². The smallest absolute Gasteiger partial charge is 0.226 e. The first kappa shape index (κ1) is 20.5. The Balaban J connectivity index is 1.47. The van der Waals surface area contributed by atoms with E-state index in [1.54, 1.807) is 11.3 Å². The minimum atomic E-state index is -0.0142. The molecule has 0 fully saturated rings. The second-order valence-corrected chi connectivity index (χ2v) is 8.73. The molecule has 5 nitrogen and oxygen atoms in total. The fourth-order valence-corrected chi connectivity index (χ4v) is 4.36. The standard InChI is InChI=1S/C21H25N3O2S2/c1-15-6-8-17(9-7-15)26-13-21-23-16(14-28-21)11-20(25)22-12-18(24(2)3)19-5-4-10-27-19/h4-10,14,18H,11-13H2,1-3H3,(H,22,25). The fourth-order valence-electron chi connectivity index (χ4n) is 2.73. The maximum atomic E-state index is 12.3. The first-order chi connectivity index (χ1) is 13.5. The molecule has 0 spiro atoms. The molecule has 148 valence electrons. The third-order valence-corrected chi connectivity index (χ3v) is 6.16. The first-order valence-electron chi connectivity index (χ1n) is 9.10. The summed E-state index contributed by atoms with van der Waals surface area (Å²) in [6.07, 6.45) is 0.283. The maximum absolute atomic E-state index is 12.3. The predicted octanol–water partition coefficient (Wildman–Crippen LogP) is 4.05. The summed E-state index contributed by atoms with van der Waals surface area (Å²) < 4.78 is 5.76. The molecule has 0 saturated heterocycles. The van der Waals surface area contributed by atoms with E-state index in [1.807, 2.05) is 56.7 Å². The molecule has 2 heterocycles. The predicted molar refractivity (Wildman–Crippen MR) is 115 cm³/mol. The van der Waals surface area contributed by atoms with Crippen LogP contribution in [0.25, 0.3) is 0 Å². The topological polar surface area (TPSA) is 54.5 Å². The van der Waals surface area contributed by atoms with Gasteiger partial charge in [0.15, 0.2) is 0 Å². The molecule has 3 aromatic rings. The molecule has 3 rings (SSSR count). The average molecular weight is 416 g/mol. The lowest BCUT2D eigenvalue weighted by atomic mass is 10.2. The molecular weight excluding hydrogens is 390 g/mol. The van der Waals surface area contributed by atoms with E-state index >= 15 is 0 Å². The molecule has 7 heteroatoms. The molecular formula is C21H25N3O2S2. The van der Waals surface area contributed by atoms with Gasteiger partial charge in [-0.2, -0.15) is 0 Å². The van der Waals surface area contributed by atoms with Gasteiger partial charge >= 0.3 is 0 Å². The zero-order valence-corrected chi connectivity index (χ0v) is 18.0. The Morgan fingerprint density at radius 3 is 2.68 bits per heavy atom. The van der Waals surface area contributed by atoms with Crippen LogP contribution in [-0.2, 0) is 17.8 Å². The molecule has 0 bridgehead atoms. The normalized spacial score (nSPS) is 12.1. The van der Waals surface area contributed by atoms with Crippen LogP contribution in [0, 0.1) is 6.92 Å². The second kappa shape index (κ2) is 9.82. The van der Waals surface area contributed by atoms with Crippen molar-refractivity contribution in [2.24, 2.45) is 0 Å². The number of rotatable bonds is 9.